The van der Waals surface area contributed by atoms with Crippen LogP contribution in [0.1, 0.15) is 49.1 Å². The topological polar surface area (TPSA) is 95.9 Å². The Morgan fingerprint density at radius 1 is 1.00 bits per heavy atom. The zero-order chi connectivity index (χ0) is 22.9. The average molecular weight is 449 g/mol. The molecule has 1 saturated heterocycles. The maximum atomic E-state index is 13.1. The van der Waals surface area contributed by atoms with Gasteiger partial charge in [-0.15, -0.1) is 0 Å². The predicted molar refractivity (Wildman–Crippen MR) is 122 cm³/mol. The van der Waals surface area contributed by atoms with E-state index in [9.17, 15) is 19.5 Å². The number of carbonyl (C=O) groups excluding carboxylic acids is 2. The Labute approximate surface area is 192 Å². The van der Waals surface area contributed by atoms with Crippen molar-refractivity contribution in [2.24, 2.45) is 5.92 Å². The van der Waals surface area contributed by atoms with Gasteiger partial charge in [0, 0.05) is 12.5 Å². The molecule has 172 valence electrons. The minimum atomic E-state index is -0.993. The molecule has 2 aromatic carbocycles. The van der Waals surface area contributed by atoms with E-state index in [2.05, 4.69) is 29.6 Å². The fourth-order valence-electron chi connectivity index (χ4n) is 5.18. The molecule has 0 bridgehead atoms. The molecule has 33 heavy (non-hydrogen) atoms. The smallest absolute Gasteiger partial charge is 0.407 e. The van der Waals surface area contributed by atoms with Crippen molar-refractivity contribution in [3.05, 3.63) is 59.7 Å². The molecule has 5 rings (SSSR count). The lowest BCUT2D eigenvalue weighted by molar-refractivity contribution is -0.149. The maximum Gasteiger partial charge on any atom is 0.407 e. The number of hydrogen-bond acceptors (Lipinski definition) is 4. The summed E-state index contributed by atoms with van der Waals surface area (Å²) in [5, 5.41) is 12.2. The van der Waals surface area contributed by atoms with E-state index < -0.39 is 24.1 Å². The van der Waals surface area contributed by atoms with Crippen LogP contribution < -0.4 is 5.32 Å². The van der Waals surface area contributed by atoms with E-state index >= 15 is 0 Å². The molecule has 3 aliphatic rings. The largest absolute Gasteiger partial charge is 0.480 e. The lowest BCUT2D eigenvalue weighted by atomic mass is 9.98. The molecular weight excluding hydrogens is 420 g/mol. The second-order valence-corrected chi connectivity index (χ2v) is 9.23. The van der Waals surface area contributed by atoms with Gasteiger partial charge >= 0.3 is 12.1 Å². The van der Waals surface area contributed by atoms with Crippen LogP contribution in [0.2, 0.25) is 0 Å². The highest BCUT2D eigenvalue weighted by Crippen LogP contribution is 2.44. The molecule has 2 N–H and O–H groups in total. The number of carboxylic acids is 1. The third kappa shape index (κ3) is 4.32. The number of carboxylic acid groups (broad SMARTS) is 1. The van der Waals surface area contributed by atoms with Gasteiger partial charge in [-0.2, -0.15) is 0 Å². The highest BCUT2D eigenvalue weighted by molar-refractivity contribution is 5.90. The third-order valence-corrected chi connectivity index (χ3v) is 7.02. The van der Waals surface area contributed by atoms with Gasteiger partial charge in [0.25, 0.3) is 0 Å². The number of amides is 2. The summed E-state index contributed by atoms with van der Waals surface area (Å²) >= 11 is 0. The first-order valence-corrected chi connectivity index (χ1v) is 11.7. The Balaban J connectivity index is 1.26. The molecule has 1 heterocycles. The highest BCUT2D eigenvalue weighted by atomic mass is 16.5. The zero-order valence-electron chi connectivity index (χ0n) is 18.4. The lowest BCUT2D eigenvalue weighted by Crippen LogP contribution is -2.52. The average Bonchev–Trinajstić information content (AvgIpc) is 3.39. The maximum absolute atomic E-state index is 13.1. The molecule has 2 fully saturated rings. The highest BCUT2D eigenvalue weighted by Gasteiger charge is 2.40. The minimum Gasteiger partial charge on any atom is -0.480 e. The van der Waals surface area contributed by atoms with Gasteiger partial charge in [-0.25, -0.2) is 9.59 Å². The van der Waals surface area contributed by atoms with E-state index in [0.29, 0.717) is 31.7 Å². The lowest BCUT2D eigenvalue weighted by Gasteiger charge is -2.27. The van der Waals surface area contributed by atoms with Crippen LogP contribution in [0.5, 0.6) is 0 Å². The predicted octanol–water partition coefficient (Wildman–Crippen LogP) is 3.77. The summed E-state index contributed by atoms with van der Waals surface area (Å²) in [5.41, 5.74) is 4.55. The standard InChI is InChI=1S/C26H28N2O5/c29-24(28-13-5-10-23(28)25(30)31)22(14-16-11-12-16)27-26(32)33-15-21-19-8-3-1-6-17(19)18-7-2-4-9-20(18)21/h1-4,6-9,16,21-23H,5,10-15H2,(H,27,32)(H,30,31). The first kappa shape index (κ1) is 21.5. The fourth-order valence-corrected chi connectivity index (χ4v) is 5.18. The number of rotatable bonds is 7. The Hall–Kier alpha value is -3.35. The number of alkyl carbamates (subject to hydrolysis) is 1. The van der Waals surface area contributed by atoms with Crippen LogP contribution in [0.15, 0.2) is 48.5 Å². The van der Waals surface area contributed by atoms with E-state index in [1.54, 1.807) is 0 Å². The number of ether oxygens (including phenoxy) is 1. The van der Waals surface area contributed by atoms with Crippen LogP contribution >= 0.6 is 0 Å². The number of fused-ring (bicyclic) bond motifs is 3. The fraction of sp³-hybridized carbons (Fsp3) is 0.423. The Kier molecular flexibility index (Phi) is 5.79. The summed E-state index contributed by atoms with van der Waals surface area (Å²) in [6.45, 7) is 0.578. The Bertz CT molecular complexity index is 1030. The van der Waals surface area contributed by atoms with E-state index in [0.717, 1.165) is 35.1 Å². The van der Waals surface area contributed by atoms with Crippen molar-refractivity contribution in [1.82, 2.24) is 10.2 Å². The second-order valence-electron chi connectivity index (χ2n) is 9.23. The SMILES string of the molecule is O=C(NC(CC1CC1)C(=O)N1CCCC1C(=O)O)OCC1c2ccccc2-c2ccccc21. The van der Waals surface area contributed by atoms with Crippen molar-refractivity contribution in [2.75, 3.05) is 13.2 Å². The number of likely N-dealkylation sites (tertiary alicyclic amines) is 1. The summed E-state index contributed by atoms with van der Waals surface area (Å²) in [7, 11) is 0. The molecule has 0 spiro atoms. The van der Waals surface area contributed by atoms with Crippen LogP contribution in [0.25, 0.3) is 11.1 Å². The molecule has 2 aromatic rings. The van der Waals surface area contributed by atoms with E-state index in [-0.39, 0.29) is 18.4 Å². The minimum absolute atomic E-state index is 0.0595. The van der Waals surface area contributed by atoms with E-state index in [1.165, 1.54) is 4.90 Å². The molecule has 0 aromatic heterocycles. The normalized spacial score (nSPS) is 20.1. The van der Waals surface area contributed by atoms with Gasteiger partial charge in [0.15, 0.2) is 0 Å². The molecular formula is C26H28N2O5. The van der Waals surface area contributed by atoms with Crippen molar-refractivity contribution in [3.63, 3.8) is 0 Å². The molecule has 2 unspecified atom stereocenters. The number of nitrogens with zero attached hydrogens (tertiary/aromatic N) is 1. The van der Waals surface area contributed by atoms with Gasteiger partial charge in [0.05, 0.1) is 0 Å². The first-order chi connectivity index (χ1) is 16.0. The zero-order valence-corrected chi connectivity index (χ0v) is 18.4. The van der Waals surface area contributed by atoms with Gasteiger partial charge in [-0.05, 0) is 47.4 Å². The molecule has 1 saturated carbocycles. The Morgan fingerprint density at radius 2 is 1.64 bits per heavy atom. The van der Waals surface area contributed by atoms with Crippen LogP contribution in [0.4, 0.5) is 4.79 Å². The van der Waals surface area contributed by atoms with Gasteiger partial charge in [-0.3, -0.25) is 4.79 Å². The number of hydrogen-bond donors (Lipinski definition) is 2. The van der Waals surface area contributed by atoms with E-state index in [4.69, 9.17) is 4.74 Å². The monoisotopic (exact) mass is 448 g/mol. The molecule has 2 aliphatic carbocycles. The van der Waals surface area contributed by atoms with Crippen molar-refractivity contribution >= 4 is 18.0 Å². The third-order valence-electron chi connectivity index (χ3n) is 7.02. The van der Waals surface area contributed by atoms with Crippen LogP contribution in [0.3, 0.4) is 0 Å². The van der Waals surface area contributed by atoms with Gasteiger partial charge in [0.2, 0.25) is 5.91 Å². The molecule has 0 radical (unpaired) electrons. The quantitative estimate of drug-likeness (QED) is 0.672. The summed E-state index contributed by atoms with van der Waals surface area (Å²) in [5.74, 6) is -0.984. The number of benzene rings is 2. The summed E-state index contributed by atoms with van der Waals surface area (Å²) in [4.78, 5) is 38.8. The first-order valence-electron chi connectivity index (χ1n) is 11.7. The molecule has 7 nitrogen and oxygen atoms in total. The van der Waals surface area contributed by atoms with Crippen molar-refractivity contribution in [3.8, 4) is 11.1 Å². The van der Waals surface area contributed by atoms with Gasteiger partial charge in [-0.1, -0.05) is 61.4 Å². The van der Waals surface area contributed by atoms with Crippen molar-refractivity contribution < 1.29 is 24.2 Å². The van der Waals surface area contributed by atoms with Crippen LogP contribution in [-0.4, -0.2) is 53.2 Å². The van der Waals surface area contributed by atoms with Crippen molar-refractivity contribution in [2.45, 2.75) is 50.1 Å². The van der Waals surface area contributed by atoms with Crippen LogP contribution in [0, 0.1) is 5.92 Å². The molecule has 2 atom stereocenters. The number of carbonyl (C=O) groups is 3. The van der Waals surface area contributed by atoms with Gasteiger partial charge < -0.3 is 20.1 Å². The van der Waals surface area contributed by atoms with E-state index in [1.807, 2.05) is 24.3 Å². The summed E-state index contributed by atoms with van der Waals surface area (Å²) in [6.07, 6.45) is 3.04. The summed E-state index contributed by atoms with van der Waals surface area (Å²) in [6, 6.07) is 14.7. The van der Waals surface area contributed by atoms with Crippen molar-refractivity contribution in [1.29, 1.82) is 0 Å². The molecule has 2 amide bonds. The second kappa shape index (κ2) is 8.89. The number of nitrogens with one attached hydrogen (secondary N) is 1. The Morgan fingerprint density at radius 3 is 2.24 bits per heavy atom. The summed E-state index contributed by atoms with van der Waals surface area (Å²) < 4.78 is 5.62. The molecule has 1 aliphatic heterocycles. The van der Waals surface area contributed by atoms with Gasteiger partial charge in [0.1, 0.15) is 18.7 Å². The van der Waals surface area contributed by atoms with Crippen LogP contribution in [-0.2, 0) is 14.3 Å². The molecule has 7 heteroatoms. The number of aliphatic carboxylic acids is 1.